The van der Waals surface area contributed by atoms with Gasteiger partial charge in [-0.25, -0.2) is 0 Å². The summed E-state index contributed by atoms with van der Waals surface area (Å²) in [5, 5.41) is 65.3. The van der Waals surface area contributed by atoms with Gasteiger partial charge in [0.1, 0.15) is 30.5 Å². The molecule has 0 saturated carbocycles. The van der Waals surface area contributed by atoms with Crippen molar-refractivity contribution in [3.05, 3.63) is 35.9 Å². The van der Waals surface area contributed by atoms with E-state index >= 15 is 0 Å². The van der Waals surface area contributed by atoms with Gasteiger partial charge in [-0.15, -0.1) is 0 Å². The van der Waals surface area contributed by atoms with Gasteiger partial charge in [0, 0.05) is 6.42 Å². The Morgan fingerprint density at radius 1 is 0.607 bits per heavy atom. The van der Waals surface area contributed by atoms with Crippen LogP contribution >= 0.6 is 0 Å². The SMILES string of the molecule is CCCCCCCCCCCCCC[C@@H](O)[C@@H](O)[C@H](CO[C@H]1O[C@H](CO)[C@H](O)[C@H](O)[C@H]1O)NC(=O)CCCCCCCCCCCCCCCCCCCCc1ccccc1. The van der Waals surface area contributed by atoms with E-state index in [0.717, 1.165) is 51.4 Å². The summed E-state index contributed by atoms with van der Waals surface area (Å²) in [5.74, 6) is -0.256. The van der Waals surface area contributed by atoms with E-state index in [2.05, 4.69) is 42.6 Å². The van der Waals surface area contributed by atoms with Gasteiger partial charge in [0.05, 0.1) is 25.4 Å². The lowest BCUT2D eigenvalue weighted by Crippen LogP contribution is -2.60. The molecule has 0 aromatic heterocycles. The van der Waals surface area contributed by atoms with Crippen LogP contribution in [0.15, 0.2) is 30.3 Å². The summed E-state index contributed by atoms with van der Waals surface area (Å²) in [5.41, 5.74) is 1.46. The Hall–Kier alpha value is -1.63. The number of aliphatic hydroxyl groups excluding tert-OH is 6. The molecule has 1 aromatic carbocycles. The molecule has 1 heterocycles. The second-order valence-electron chi connectivity index (χ2n) is 18.3. The van der Waals surface area contributed by atoms with Gasteiger partial charge in [-0.05, 0) is 31.2 Å². The van der Waals surface area contributed by atoms with Crippen molar-refractivity contribution in [3.63, 3.8) is 0 Å². The van der Waals surface area contributed by atoms with Crippen LogP contribution in [0, 0.1) is 0 Å². The topological polar surface area (TPSA) is 169 Å². The molecule has 1 fully saturated rings. The first-order valence-corrected chi connectivity index (χ1v) is 25.4. The highest BCUT2D eigenvalue weighted by Gasteiger charge is 2.44. The fourth-order valence-electron chi connectivity index (χ4n) is 8.63. The number of ether oxygens (including phenoxy) is 2. The van der Waals surface area contributed by atoms with Crippen LogP contribution in [0.5, 0.6) is 0 Å². The van der Waals surface area contributed by atoms with Crippen LogP contribution in [-0.2, 0) is 20.7 Å². The number of benzene rings is 1. The van der Waals surface area contributed by atoms with Gasteiger partial charge in [0.15, 0.2) is 6.29 Å². The number of carbonyl (C=O) groups is 1. The van der Waals surface area contributed by atoms with E-state index in [-0.39, 0.29) is 18.9 Å². The standard InChI is InChI=1S/C51H93NO9/c1-2-3-4-5-6-7-8-18-21-24-27-33-38-44(54)47(56)43(41-60-51-50(59)49(58)48(57)45(40-53)61-51)52-46(55)39-34-28-25-22-19-16-14-12-10-9-11-13-15-17-20-23-26-30-35-42-36-31-29-32-37-42/h29,31-32,36-37,43-45,47-51,53-54,56-59H,2-28,30,33-35,38-41H2,1H3,(H,52,55)/t43-,44+,45+,47-,48-,49-,50+,51-/m0/s1. The highest BCUT2D eigenvalue weighted by Crippen LogP contribution is 2.23. The number of nitrogens with one attached hydrogen (secondary N) is 1. The third-order valence-corrected chi connectivity index (χ3v) is 12.8. The van der Waals surface area contributed by atoms with Gasteiger partial charge in [0.25, 0.3) is 0 Å². The van der Waals surface area contributed by atoms with Crippen LogP contribution in [0.1, 0.15) is 218 Å². The molecular formula is C51H93NO9. The fraction of sp³-hybridized carbons (Fsp3) is 0.863. The summed E-state index contributed by atoms with van der Waals surface area (Å²) < 4.78 is 11.2. The number of rotatable bonds is 41. The summed E-state index contributed by atoms with van der Waals surface area (Å²) in [6.07, 6.45) is 29.1. The quantitative estimate of drug-likeness (QED) is 0.0317. The average Bonchev–Trinajstić information content (AvgIpc) is 3.27. The number of unbranched alkanes of at least 4 members (excludes halogenated alkanes) is 28. The predicted octanol–water partition coefficient (Wildman–Crippen LogP) is 9.76. The van der Waals surface area contributed by atoms with Crippen molar-refractivity contribution in [1.29, 1.82) is 0 Å². The van der Waals surface area contributed by atoms with E-state index in [0.29, 0.717) is 6.42 Å². The number of aryl methyl sites for hydroxylation is 1. The summed E-state index contributed by atoms with van der Waals surface area (Å²) >= 11 is 0. The third kappa shape index (κ3) is 27.3. The monoisotopic (exact) mass is 864 g/mol. The summed E-state index contributed by atoms with van der Waals surface area (Å²) in [6, 6.07) is 9.83. The first-order chi connectivity index (χ1) is 29.8. The van der Waals surface area contributed by atoms with E-state index in [1.54, 1.807) is 0 Å². The normalized spacial score (nSPS) is 20.7. The van der Waals surface area contributed by atoms with Gasteiger partial charge in [0.2, 0.25) is 5.91 Å². The molecule has 2 rings (SSSR count). The molecule has 1 aliphatic rings. The Labute approximate surface area is 372 Å². The predicted molar refractivity (Wildman–Crippen MR) is 247 cm³/mol. The van der Waals surface area contributed by atoms with Crippen molar-refractivity contribution < 1.29 is 44.9 Å². The van der Waals surface area contributed by atoms with Crippen molar-refractivity contribution >= 4 is 5.91 Å². The molecule has 7 N–H and O–H groups in total. The van der Waals surface area contributed by atoms with Crippen LogP contribution in [0.2, 0.25) is 0 Å². The van der Waals surface area contributed by atoms with Gasteiger partial charge in [-0.2, -0.15) is 0 Å². The molecular weight excluding hydrogens is 771 g/mol. The minimum absolute atomic E-state index is 0.256. The lowest BCUT2D eigenvalue weighted by molar-refractivity contribution is -0.303. The molecule has 8 atom stereocenters. The molecule has 356 valence electrons. The third-order valence-electron chi connectivity index (χ3n) is 12.8. The highest BCUT2D eigenvalue weighted by atomic mass is 16.7. The molecule has 1 aromatic rings. The van der Waals surface area contributed by atoms with Gasteiger partial charge >= 0.3 is 0 Å². The largest absolute Gasteiger partial charge is 0.394 e. The minimum Gasteiger partial charge on any atom is -0.394 e. The number of aliphatic hydroxyl groups is 6. The molecule has 1 saturated heterocycles. The molecule has 1 aliphatic heterocycles. The zero-order valence-corrected chi connectivity index (χ0v) is 38.7. The van der Waals surface area contributed by atoms with E-state index in [4.69, 9.17) is 9.47 Å². The van der Waals surface area contributed by atoms with E-state index in [1.807, 2.05) is 0 Å². The number of hydrogen-bond acceptors (Lipinski definition) is 9. The molecule has 0 bridgehead atoms. The highest BCUT2D eigenvalue weighted by molar-refractivity contribution is 5.76. The van der Waals surface area contributed by atoms with Crippen LogP contribution in [0.4, 0.5) is 0 Å². The zero-order chi connectivity index (χ0) is 44.2. The second kappa shape index (κ2) is 37.7. The Morgan fingerprint density at radius 2 is 1.05 bits per heavy atom. The van der Waals surface area contributed by atoms with Crippen LogP contribution < -0.4 is 5.32 Å². The smallest absolute Gasteiger partial charge is 0.220 e. The molecule has 1 amide bonds. The first kappa shape index (κ1) is 55.5. The number of carbonyl (C=O) groups excluding carboxylic acids is 1. The van der Waals surface area contributed by atoms with Crippen molar-refractivity contribution in [1.82, 2.24) is 5.32 Å². The number of amides is 1. The Balaban J connectivity index is 1.56. The van der Waals surface area contributed by atoms with Gasteiger partial charge < -0.3 is 45.4 Å². The van der Waals surface area contributed by atoms with Crippen LogP contribution in [0.25, 0.3) is 0 Å². The molecule has 61 heavy (non-hydrogen) atoms. The van der Waals surface area contributed by atoms with Gasteiger partial charge in [-0.3, -0.25) is 4.79 Å². The summed E-state index contributed by atoms with van der Waals surface area (Å²) in [4.78, 5) is 13.0. The molecule has 0 unspecified atom stereocenters. The molecule has 0 spiro atoms. The van der Waals surface area contributed by atoms with Crippen LogP contribution in [-0.4, -0.2) is 98.7 Å². The van der Waals surface area contributed by atoms with Crippen molar-refractivity contribution in [2.24, 2.45) is 0 Å². The summed E-state index contributed by atoms with van der Waals surface area (Å²) in [6.45, 7) is 1.34. The van der Waals surface area contributed by atoms with E-state index in [9.17, 15) is 35.4 Å². The second-order valence-corrected chi connectivity index (χ2v) is 18.3. The first-order valence-electron chi connectivity index (χ1n) is 25.4. The van der Waals surface area contributed by atoms with Crippen molar-refractivity contribution in [2.45, 2.75) is 268 Å². The Bertz CT molecular complexity index is 1130. The summed E-state index contributed by atoms with van der Waals surface area (Å²) in [7, 11) is 0. The maximum atomic E-state index is 13.0. The van der Waals surface area contributed by atoms with Gasteiger partial charge in [-0.1, -0.05) is 217 Å². The van der Waals surface area contributed by atoms with E-state index in [1.165, 1.54) is 153 Å². The van der Waals surface area contributed by atoms with E-state index < -0.39 is 55.6 Å². The number of hydrogen-bond donors (Lipinski definition) is 7. The molecule has 10 nitrogen and oxygen atoms in total. The molecule has 10 heteroatoms. The lowest BCUT2D eigenvalue weighted by atomic mass is 9.98. The lowest BCUT2D eigenvalue weighted by Gasteiger charge is -2.40. The van der Waals surface area contributed by atoms with Crippen molar-refractivity contribution in [2.75, 3.05) is 13.2 Å². The fourth-order valence-corrected chi connectivity index (χ4v) is 8.63. The van der Waals surface area contributed by atoms with Crippen molar-refractivity contribution in [3.8, 4) is 0 Å². The zero-order valence-electron chi connectivity index (χ0n) is 38.7. The maximum Gasteiger partial charge on any atom is 0.220 e. The minimum atomic E-state index is -1.61. The molecule has 0 radical (unpaired) electrons. The maximum absolute atomic E-state index is 13.0. The average molecular weight is 864 g/mol. The Morgan fingerprint density at radius 3 is 1.52 bits per heavy atom. The Kier molecular flexibility index (Phi) is 34.3. The molecule has 0 aliphatic carbocycles. The van der Waals surface area contributed by atoms with Crippen LogP contribution in [0.3, 0.4) is 0 Å².